The van der Waals surface area contributed by atoms with E-state index in [9.17, 15) is 9.59 Å². The summed E-state index contributed by atoms with van der Waals surface area (Å²) in [6.45, 7) is 0. The molecule has 6 heteroatoms. The molecule has 0 aromatic heterocycles. The first-order valence-corrected chi connectivity index (χ1v) is 5.66. The van der Waals surface area contributed by atoms with E-state index in [0.29, 0.717) is 6.42 Å². The molecule has 0 aliphatic carbocycles. The molecule has 0 fully saturated rings. The molecule has 0 amide bonds. The lowest BCUT2D eigenvalue weighted by atomic mass is 10.0. The number of halogens is 1. The second-order valence-corrected chi connectivity index (χ2v) is 4.02. The smallest absolute Gasteiger partial charge is 0.307 e. The molecule has 0 aliphatic heterocycles. The van der Waals surface area contributed by atoms with Gasteiger partial charge in [0.15, 0.2) is 0 Å². The summed E-state index contributed by atoms with van der Waals surface area (Å²) in [6.07, 6.45) is 0.723. The van der Waals surface area contributed by atoms with Crippen molar-refractivity contribution in [2.45, 2.75) is 25.3 Å². The van der Waals surface area contributed by atoms with Crippen LogP contribution < -0.4 is 5.73 Å². The number of hydrogen-bond acceptors (Lipinski definition) is 4. The van der Waals surface area contributed by atoms with Crippen molar-refractivity contribution in [2.75, 3.05) is 7.11 Å². The lowest BCUT2D eigenvalue weighted by Gasteiger charge is -2.11. The standard InChI is InChI=1S/C13H17NO4.ClH/c1-18-13(17)8-11(14)10-5-2-9(3-6-10)4-7-12(15)16;/h2-3,5-6,11H,4,7-8,14H2,1H3,(H,15,16);1H/t11-;/m0./s1. The van der Waals surface area contributed by atoms with Crippen molar-refractivity contribution >= 4 is 24.3 Å². The van der Waals surface area contributed by atoms with Gasteiger partial charge in [0.25, 0.3) is 0 Å². The maximum atomic E-state index is 11.1. The summed E-state index contributed by atoms with van der Waals surface area (Å²) < 4.78 is 4.55. The largest absolute Gasteiger partial charge is 0.481 e. The number of esters is 1. The number of benzene rings is 1. The number of aliphatic carboxylic acids is 1. The number of carboxylic acids is 1. The van der Waals surface area contributed by atoms with Crippen LogP contribution in [0.2, 0.25) is 0 Å². The number of carbonyl (C=O) groups excluding carboxylic acids is 1. The topological polar surface area (TPSA) is 89.6 Å². The zero-order chi connectivity index (χ0) is 13.5. The molecule has 1 aromatic rings. The highest BCUT2D eigenvalue weighted by molar-refractivity contribution is 5.85. The summed E-state index contributed by atoms with van der Waals surface area (Å²) in [7, 11) is 1.32. The quantitative estimate of drug-likeness (QED) is 0.777. The second kappa shape index (κ2) is 8.50. The molecule has 0 unspecified atom stereocenters. The predicted octanol–water partition coefficient (Wildman–Crippen LogP) is 1.69. The number of carboxylic acid groups (broad SMARTS) is 1. The molecular weight excluding hydrogens is 270 g/mol. The summed E-state index contributed by atoms with van der Waals surface area (Å²) in [6, 6.07) is 6.88. The van der Waals surface area contributed by atoms with Crippen LogP contribution >= 0.6 is 12.4 Å². The highest BCUT2D eigenvalue weighted by Crippen LogP contribution is 2.16. The molecule has 19 heavy (non-hydrogen) atoms. The van der Waals surface area contributed by atoms with Crippen molar-refractivity contribution in [1.82, 2.24) is 0 Å². The van der Waals surface area contributed by atoms with Gasteiger partial charge in [-0.25, -0.2) is 0 Å². The van der Waals surface area contributed by atoms with Crippen molar-refractivity contribution < 1.29 is 19.4 Å². The van der Waals surface area contributed by atoms with E-state index in [-0.39, 0.29) is 31.2 Å². The summed E-state index contributed by atoms with van der Waals surface area (Å²) in [5, 5.41) is 8.57. The monoisotopic (exact) mass is 287 g/mol. The minimum Gasteiger partial charge on any atom is -0.481 e. The maximum absolute atomic E-state index is 11.1. The maximum Gasteiger partial charge on any atom is 0.307 e. The Labute approximate surface area is 118 Å². The van der Waals surface area contributed by atoms with Gasteiger partial charge in [0.05, 0.1) is 13.5 Å². The summed E-state index contributed by atoms with van der Waals surface area (Å²) in [4.78, 5) is 21.5. The number of rotatable bonds is 6. The van der Waals surface area contributed by atoms with Crippen LogP contribution in [0.1, 0.15) is 30.0 Å². The SMILES string of the molecule is COC(=O)C[C@H](N)c1ccc(CCC(=O)O)cc1.Cl. The van der Waals surface area contributed by atoms with Crippen LogP contribution in [0, 0.1) is 0 Å². The molecule has 1 atom stereocenters. The Hall–Kier alpha value is -1.59. The van der Waals surface area contributed by atoms with Crippen LogP contribution in [0.15, 0.2) is 24.3 Å². The third-order valence-electron chi connectivity index (χ3n) is 2.65. The normalized spacial score (nSPS) is 11.3. The third-order valence-corrected chi connectivity index (χ3v) is 2.65. The molecule has 0 saturated carbocycles. The number of methoxy groups -OCH3 is 1. The van der Waals surface area contributed by atoms with Gasteiger partial charge in [-0.15, -0.1) is 12.4 Å². The van der Waals surface area contributed by atoms with E-state index in [2.05, 4.69) is 4.74 Å². The van der Waals surface area contributed by atoms with E-state index in [4.69, 9.17) is 10.8 Å². The van der Waals surface area contributed by atoms with Crippen molar-refractivity contribution in [3.63, 3.8) is 0 Å². The lowest BCUT2D eigenvalue weighted by molar-refractivity contribution is -0.141. The van der Waals surface area contributed by atoms with E-state index in [1.165, 1.54) is 7.11 Å². The summed E-state index contributed by atoms with van der Waals surface area (Å²) >= 11 is 0. The van der Waals surface area contributed by atoms with Crippen LogP contribution in [0.3, 0.4) is 0 Å². The highest BCUT2D eigenvalue weighted by atomic mass is 35.5. The number of ether oxygens (including phenoxy) is 1. The van der Waals surface area contributed by atoms with Crippen LogP contribution in [0.25, 0.3) is 0 Å². The van der Waals surface area contributed by atoms with Crippen LogP contribution in [0.4, 0.5) is 0 Å². The summed E-state index contributed by atoms with van der Waals surface area (Å²) in [5.74, 6) is -1.17. The fraction of sp³-hybridized carbons (Fsp3) is 0.385. The molecule has 0 spiro atoms. The molecule has 0 heterocycles. The Balaban J connectivity index is 0.00000324. The van der Waals surface area contributed by atoms with Crippen LogP contribution in [-0.2, 0) is 20.7 Å². The minimum atomic E-state index is -0.818. The lowest BCUT2D eigenvalue weighted by Crippen LogP contribution is -2.16. The van der Waals surface area contributed by atoms with Gasteiger partial charge in [-0.1, -0.05) is 24.3 Å². The molecule has 1 aromatic carbocycles. The highest BCUT2D eigenvalue weighted by Gasteiger charge is 2.11. The van der Waals surface area contributed by atoms with Crippen molar-refractivity contribution in [3.05, 3.63) is 35.4 Å². The Morgan fingerprint density at radius 3 is 2.37 bits per heavy atom. The van der Waals surface area contributed by atoms with Crippen molar-refractivity contribution in [3.8, 4) is 0 Å². The molecule has 0 saturated heterocycles. The summed E-state index contributed by atoms with van der Waals surface area (Å²) in [5.41, 5.74) is 7.62. The molecular formula is C13H18ClNO4. The molecule has 3 N–H and O–H groups in total. The second-order valence-electron chi connectivity index (χ2n) is 4.02. The number of carbonyl (C=O) groups is 2. The van der Waals surface area contributed by atoms with E-state index < -0.39 is 12.0 Å². The molecule has 0 aliphatic rings. The average Bonchev–Trinajstić information content (AvgIpc) is 2.36. The third kappa shape index (κ3) is 6.22. The van der Waals surface area contributed by atoms with Gasteiger partial charge in [0.1, 0.15) is 0 Å². The zero-order valence-corrected chi connectivity index (χ0v) is 11.5. The van der Waals surface area contributed by atoms with Crippen molar-refractivity contribution in [1.29, 1.82) is 0 Å². The van der Waals surface area contributed by atoms with Crippen molar-refractivity contribution in [2.24, 2.45) is 5.73 Å². The minimum absolute atomic E-state index is 0. The van der Waals surface area contributed by atoms with Crippen LogP contribution in [-0.4, -0.2) is 24.2 Å². The van der Waals surface area contributed by atoms with Gasteiger partial charge in [0, 0.05) is 12.5 Å². The van der Waals surface area contributed by atoms with Gasteiger partial charge in [-0.3, -0.25) is 9.59 Å². The first kappa shape index (κ1) is 17.4. The molecule has 1 rings (SSSR count). The van der Waals surface area contributed by atoms with Gasteiger partial charge in [0.2, 0.25) is 0 Å². The molecule has 0 bridgehead atoms. The van der Waals surface area contributed by atoms with E-state index in [1.807, 2.05) is 24.3 Å². The predicted molar refractivity (Wildman–Crippen MR) is 73.2 cm³/mol. The van der Waals surface area contributed by atoms with E-state index >= 15 is 0 Å². The fourth-order valence-corrected chi connectivity index (χ4v) is 1.56. The Kier molecular flexibility index (Phi) is 7.79. The Bertz CT molecular complexity index is 419. The van der Waals surface area contributed by atoms with E-state index in [0.717, 1.165) is 11.1 Å². The number of nitrogens with two attached hydrogens (primary N) is 1. The fourth-order valence-electron chi connectivity index (χ4n) is 1.56. The van der Waals surface area contributed by atoms with Gasteiger partial charge >= 0.3 is 11.9 Å². The van der Waals surface area contributed by atoms with Crippen LogP contribution in [0.5, 0.6) is 0 Å². The number of hydrogen-bond donors (Lipinski definition) is 2. The van der Waals surface area contributed by atoms with Gasteiger partial charge in [-0.2, -0.15) is 0 Å². The Morgan fingerprint density at radius 2 is 1.89 bits per heavy atom. The first-order chi connectivity index (χ1) is 8.52. The average molecular weight is 288 g/mol. The molecule has 5 nitrogen and oxygen atoms in total. The first-order valence-electron chi connectivity index (χ1n) is 5.66. The van der Waals surface area contributed by atoms with Gasteiger partial charge < -0.3 is 15.6 Å². The van der Waals surface area contributed by atoms with E-state index in [1.54, 1.807) is 0 Å². The zero-order valence-electron chi connectivity index (χ0n) is 10.7. The Morgan fingerprint density at radius 1 is 1.32 bits per heavy atom. The molecule has 106 valence electrons. The van der Waals surface area contributed by atoms with Gasteiger partial charge in [-0.05, 0) is 17.5 Å². The number of aryl methyl sites for hydroxylation is 1. The molecule has 0 radical (unpaired) electrons.